The van der Waals surface area contributed by atoms with Crippen LogP contribution < -0.4 is 10.6 Å². The van der Waals surface area contributed by atoms with Crippen molar-refractivity contribution in [1.82, 2.24) is 9.61 Å². The third-order valence-electron chi connectivity index (χ3n) is 3.38. The predicted molar refractivity (Wildman–Crippen MR) is 90.2 cm³/mol. The highest BCUT2D eigenvalue weighted by Crippen LogP contribution is 2.17. The van der Waals surface area contributed by atoms with Crippen molar-refractivity contribution in [1.29, 1.82) is 0 Å². The first-order valence-corrected chi connectivity index (χ1v) is 7.55. The van der Waals surface area contributed by atoms with Crippen molar-refractivity contribution >= 4 is 28.9 Å². The number of ether oxygens (including phenoxy) is 1. The summed E-state index contributed by atoms with van der Waals surface area (Å²) < 4.78 is 19.4. The number of benzene rings is 1. The second-order valence-electron chi connectivity index (χ2n) is 5.11. The number of amides is 2. The van der Waals surface area contributed by atoms with Crippen molar-refractivity contribution in [2.75, 3.05) is 17.2 Å². The molecule has 0 aliphatic carbocycles. The van der Waals surface area contributed by atoms with E-state index in [9.17, 15) is 14.0 Å². The number of carbonyl (C=O) groups is 2. The van der Waals surface area contributed by atoms with Crippen molar-refractivity contribution in [2.45, 2.75) is 6.92 Å². The molecule has 3 aromatic rings. The van der Waals surface area contributed by atoms with Crippen LogP contribution in [0.1, 0.15) is 17.3 Å². The molecule has 0 aliphatic rings. The van der Waals surface area contributed by atoms with Crippen LogP contribution in [0, 0.1) is 5.82 Å². The number of anilines is 2. The average molecular weight is 342 g/mol. The number of fused-ring (bicyclic) bond motifs is 1. The minimum atomic E-state index is -0.492. The molecule has 0 saturated carbocycles. The Balaban J connectivity index is 1.76. The Morgan fingerprint density at radius 3 is 2.60 bits per heavy atom. The molecule has 0 aliphatic heterocycles. The van der Waals surface area contributed by atoms with Gasteiger partial charge in [0.1, 0.15) is 11.4 Å². The fourth-order valence-electron chi connectivity index (χ4n) is 2.25. The van der Waals surface area contributed by atoms with E-state index in [0.29, 0.717) is 22.5 Å². The van der Waals surface area contributed by atoms with E-state index in [1.807, 2.05) is 0 Å². The lowest BCUT2D eigenvalue weighted by molar-refractivity contribution is 0.0528. The SMILES string of the molecule is CCOC(=O)c1cnn2ccc(NC(=O)Nc3ccc(F)cc3)cc12. The second kappa shape index (κ2) is 7.00. The number of carbonyl (C=O) groups excluding carboxylic acids is 2. The molecule has 0 fully saturated rings. The molecule has 1 aromatic carbocycles. The standard InChI is InChI=1S/C17H15FN4O3/c1-2-25-16(23)14-10-19-22-8-7-13(9-15(14)22)21-17(24)20-12-5-3-11(18)4-6-12/h3-10H,2H2,1H3,(H2,20,21,24). The van der Waals surface area contributed by atoms with Gasteiger partial charge in [0.2, 0.25) is 0 Å². The highest BCUT2D eigenvalue weighted by Gasteiger charge is 2.14. The highest BCUT2D eigenvalue weighted by atomic mass is 19.1. The molecule has 0 unspecified atom stereocenters. The number of rotatable bonds is 4. The normalized spacial score (nSPS) is 10.5. The van der Waals surface area contributed by atoms with Gasteiger partial charge in [-0.2, -0.15) is 5.10 Å². The molecule has 3 rings (SSSR count). The number of halogens is 1. The molecule has 0 radical (unpaired) electrons. The van der Waals surface area contributed by atoms with Crippen molar-refractivity contribution < 1.29 is 18.7 Å². The molecular weight excluding hydrogens is 327 g/mol. The van der Waals surface area contributed by atoms with E-state index in [4.69, 9.17) is 4.74 Å². The van der Waals surface area contributed by atoms with Gasteiger partial charge in [0.15, 0.2) is 0 Å². The summed E-state index contributed by atoms with van der Waals surface area (Å²) in [6, 6.07) is 8.16. The maximum atomic E-state index is 12.9. The first-order chi connectivity index (χ1) is 12.1. The number of urea groups is 1. The molecule has 25 heavy (non-hydrogen) atoms. The Bertz CT molecular complexity index is 921. The van der Waals surface area contributed by atoms with Crippen LogP contribution in [0.15, 0.2) is 48.8 Å². The third-order valence-corrected chi connectivity index (χ3v) is 3.38. The summed E-state index contributed by atoms with van der Waals surface area (Å²) in [7, 11) is 0. The maximum Gasteiger partial charge on any atom is 0.341 e. The molecule has 8 heteroatoms. The van der Waals surface area contributed by atoms with Crippen molar-refractivity contribution in [3.05, 3.63) is 60.2 Å². The Hall–Kier alpha value is -3.42. The van der Waals surface area contributed by atoms with Gasteiger partial charge in [-0.05, 0) is 43.3 Å². The highest BCUT2D eigenvalue weighted by molar-refractivity contribution is 6.01. The molecular formula is C17H15FN4O3. The number of nitrogens with zero attached hydrogens (tertiary/aromatic N) is 2. The van der Waals surface area contributed by atoms with Gasteiger partial charge in [0, 0.05) is 17.6 Å². The lowest BCUT2D eigenvalue weighted by atomic mass is 10.2. The zero-order valence-corrected chi connectivity index (χ0v) is 13.3. The van der Waals surface area contributed by atoms with E-state index in [0.717, 1.165) is 0 Å². The van der Waals surface area contributed by atoms with Gasteiger partial charge < -0.3 is 15.4 Å². The minimum Gasteiger partial charge on any atom is -0.462 e. The molecule has 0 bridgehead atoms. The maximum absolute atomic E-state index is 12.9. The number of nitrogens with one attached hydrogen (secondary N) is 2. The van der Waals surface area contributed by atoms with E-state index in [1.54, 1.807) is 25.3 Å². The quantitative estimate of drug-likeness (QED) is 0.713. The Morgan fingerprint density at radius 2 is 1.88 bits per heavy atom. The third kappa shape index (κ3) is 3.74. The number of aromatic nitrogens is 2. The molecule has 7 nitrogen and oxygen atoms in total. The van der Waals surface area contributed by atoms with Crippen molar-refractivity contribution in [2.24, 2.45) is 0 Å². The first-order valence-electron chi connectivity index (χ1n) is 7.55. The summed E-state index contributed by atoms with van der Waals surface area (Å²) in [4.78, 5) is 23.9. The fraction of sp³-hybridized carbons (Fsp3) is 0.118. The summed E-state index contributed by atoms with van der Waals surface area (Å²) in [5, 5.41) is 9.30. The van der Waals surface area contributed by atoms with E-state index < -0.39 is 12.0 Å². The first kappa shape index (κ1) is 16.4. The lowest BCUT2D eigenvalue weighted by Gasteiger charge is -2.08. The van der Waals surface area contributed by atoms with Gasteiger partial charge in [-0.3, -0.25) is 0 Å². The number of hydrogen-bond donors (Lipinski definition) is 2. The number of pyridine rings is 1. The fourth-order valence-corrected chi connectivity index (χ4v) is 2.25. The van der Waals surface area contributed by atoms with E-state index in [2.05, 4.69) is 15.7 Å². The predicted octanol–water partition coefficient (Wildman–Crippen LogP) is 3.29. The molecule has 0 atom stereocenters. The van der Waals surface area contributed by atoms with Crippen molar-refractivity contribution in [3.63, 3.8) is 0 Å². The van der Waals surface area contributed by atoms with Crippen LogP contribution >= 0.6 is 0 Å². The molecule has 2 amide bonds. The van der Waals surface area contributed by atoms with Gasteiger partial charge >= 0.3 is 12.0 Å². The summed E-state index contributed by atoms with van der Waals surface area (Å²) in [5.74, 6) is -0.867. The van der Waals surface area contributed by atoms with Crippen LogP contribution in [0.25, 0.3) is 5.52 Å². The molecule has 2 heterocycles. The molecule has 128 valence electrons. The van der Waals surface area contributed by atoms with Crippen LogP contribution in [-0.4, -0.2) is 28.2 Å². The number of esters is 1. The lowest BCUT2D eigenvalue weighted by Crippen LogP contribution is -2.19. The summed E-state index contributed by atoms with van der Waals surface area (Å²) >= 11 is 0. The largest absolute Gasteiger partial charge is 0.462 e. The summed E-state index contributed by atoms with van der Waals surface area (Å²) in [6.07, 6.45) is 3.03. The van der Waals surface area contributed by atoms with Crippen LogP contribution in [-0.2, 0) is 4.74 Å². The van der Waals surface area contributed by atoms with Crippen LogP contribution in [0.3, 0.4) is 0 Å². The van der Waals surface area contributed by atoms with E-state index in [1.165, 1.54) is 35.0 Å². The zero-order valence-electron chi connectivity index (χ0n) is 13.3. The van der Waals surface area contributed by atoms with E-state index in [-0.39, 0.29) is 12.4 Å². The second-order valence-corrected chi connectivity index (χ2v) is 5.11. The Morgan fingerprint density at radius 1 is 1.16 bits per heavy atom. The van der Waals surface area contributed by atoms with Crippen LogP contribution in [0.2, 0.25) is 0 Å². The van der Waals surface area contributed by atoms with Gasteiger partial charge in [-0.1, -0.05) is 0 Å². The van der Waals surface area contributed by atoms with Crippen LogP contribution in [0.5, 0.6) is 0 Å². The van der Waals surface area contributed by atoms with Crippen LogP contribution in [0.4, 0.5) is 20.6 Å². The van der Waals surface area contributed by atoms with Gasteiger partial charge in [-0.25, -0.2) is 18.5 Å². The number of hydrogen-bond acceptors (Lipinski definition) is 4. The summed E-state index contributed by atoms with van der Waals surface area (Å²) in [5.41, 5.74) is 1.75. The monoisotopic (exact) mass is 342 g/mol. The van der Waals surface area contributed by atoms with Crippen molar-refractivity contribution in [3.8, 4) is 0 Å². The smallest absolute Gasteiger partial charge is 0.341 e. The van der Waals surface area contributed by atoms with Gasteiger partial charge in [-0.15, -0.1) is 0 Å². The Kier molecular flexibility index (Phi) is 4.60. The molecule has 0 saturated heterocycles. The molecule has 2 N–H and O–H groups in total. The summed E-state index contributed by atoms with van der Waals surface area (Å²) in [6.45, 7) is 1.98. The van der Waals surface area contributed by atoms with E-state index >= 15 is 0 Å². The van der Waals surface area contributed by atoms with Gasteiger partial charge in [0.05, 0.1) is 18.3 Å². The zero-order chi connectivity index (χ0) is 17.8. The van der Waals surface area contributed by atoms with Gasteiger partial charge in [0.25, 0.3) is 0 Å². The molecule has 0 spiro atoms. The Labute approximate surface area is 142 Å². The topological polar surface area (TPSA) is 84.7 Å². The average Bonchev–Trinajstić information content (AvgIpc) is 3.00. The minimum absolute atomic E-state index is 0.258. The molecule has 2 aromatic heterocycles.